The summed E-state index contributed by atoms with van der Waals surface area (Å²) < 4.78 is 6.50. The van der Waals surface area contributed by atoms with E-state index in [1.54, 1.807) is 4.90 Å². The number of nitrogens with one attached hydrogen (secondary N) is 1. The normalized spacial score (nSPS) is 18.1. The number of hydrogen-bond acceptors (Lipinski definition) is 3. The fraction of sp³-hybridized carbons (Fsp3) is 0.500. The molecule has 2 N–H and O–H groups in total. The first kappa shape index (κ1) is 15.1. The van der Waals surface area contributed by atoms with Crippen molar-refractivity contribution in [2.24, 2.45) is 0 Å². The molecule has 110 valence electrons. The van der Waals surface area contributed by atoms with E-state index in [1.165, 1.54) is 0 Å². The minimum Gasteiger partial charge on any atom is -0.492 e. The summed E-state index contributed by atoms with van der Waals surface area (Å²) in [7, 11) is 0. The van der Waals surface area contributed by atoms with E-state index < -0.39 is 0 Å². The summed E-state index contributed by atoms with van der Waals surface area (Å²) in [5.74, 6) is 0.767. The van der Waals surface area contributed by atoms with Gasteiger partial charge in [-0.15, -0.1) is 0 Å². The maximum atomic E-state index is 11.9. The molecule has 0 aromatic heterocycles. The third-order valence-electron chi connectivity index (χ3n) is 3.29. The van der Waals surface area contributed by atoms with E-state index in [1.807, 2.05) is 24.3 Å². The van der Waals surface area contributed by atoms with Crippen LogP contribution in [0.1, 0.15) is 12.8 Å². The van der Waals surface area contributed by atoms with Gasteiger partial charge in [0.15, 0.2) is 0 Å². The summed E-state index contributed by atoms with van der Waals surface area (Å²) in [4.78, 5) is 13.6. The number of hydrogen-bond donors (Lipinski definition) is 2. The molecule has 2 amide bonds. The largest absolute Gasteiger partial charge is 0.492 e. The molecular formula is C14H19BrN2O3. The van der Waals surface area contributed by atoms with Gasteiger partial charge in [-0.1, -0.05) is 22.0 Å². The second-order valence-electron chi connectivity index (χ2n) is 4.71. The second-order valence-corrected chi connectivity index (χ2v) is 5.63. The van der Waals surface area contributed by atoms with Crippen LogP contribution in [0.5, 0.6) is 5.75 Å². The summed E-state index contributed by atoms with van der Waals surface area (Å²) in [5.41, 5.74) is 0. The van der Waals surface area contributed by atoms with Crippen LogP contribution in [0.25, 0.3) is 0 Å². The zero-order chi connectivity index (χ0) is 14.4. The number of halogens is 1. The number of ether oxygens (including phenoxy) is 1. The minimum absolute atomic E-state index is 0.0297. The van der Waals surface area contributed by atoms with E-state index in [-0.39, 0.29) is 18.7 Å². The number of carbonyl (C=O) groups excluding carboxylic acids is 1. The lowest BCUT2D eigenvalue weighted by atomic mass is 10.2. The Bertz CT molecular complexity index is 456. The number of carbonyl (C=O) groups is 1. The molecule has 0 saturated carbocycles. The van der Waals surface area contributed by atoms with Crippen molar-refractivity contribution in [2.75, 3.05) is 26.3 Å². The van der Waals surface area contributed by atoms with Gasteiger partial charge in [-0.25, -0.2) is 4.79 Å². The van der Waals surface area contributed by atoms with Crippen LogP contribution < -0.4 is 10.1 Å². The van der Waals surface area contributed by atoms with Gasteiger partial charge in [-0.3, -0.25) is 0 Å². The van der Waals surface area contributed by atoms with E-state index in [2.05, 4.69) is 21.2 Å². The van der Waals surface area contributed by atoms with Gasteiger partial charge in [0, 0.05) is 11.0 Å². The fourth-order valence-corrected chi connectivity index (χ4v) is 2.66. The molecule has 0 bridgehead atoms. The monoisotopic (exact) mass is 342 g/mol. The Kier molecular flexibility index (Phi) is 5.67. The summed E-state index contributed by atoms with van der Waals surface area (Å²) in [6.07, 6.45) is 1.83. The van der Waals surface area contributed by atoms with Crippen LogP contribution in [-0.4, -0.2) is 48.4 Å². The van der Waals surface area contributed by atoms with Crippen LogP contribution in [-0.2, 0) is 0 Å². The minimum atomic E-state index is -0.126. The number of amides is 2. The molecule has 1 aromatic rings. The number of benzene rings is 1. The van der Waals surface area contributed by atoms with Crippen molar-refractivity contribution >= 4 is 22.0 Å². The molecule has 5 nitrogen and oxygen atoms in total. The fourth-order valence-electron chi connectivity index (χ4n) is 2.28. The van der Waals surface area contributed by atoms with Crippen molar-refractivity contribution < 1.29 is 14.6 Å². The van der Waals surface area contributed by atoms with Crippen LogP contribution >= 0.6 is 15.9 Å². The van der Waals surface area contributed by atoms with Gasteiger partial charge in [0.25, 0.3) is 0 Å². The van der Waals surface area contributed by atoms with Crippen molar-refractivity contribution in [1.29, 1.82) is 0 Å². The van der Waals surface area contributed by atoms with Gasteiger partial charge >= 0.3 is 6.03 Å². The predicted molar refractivity (Wildman–Crippen MR) is 79.8 cm³/mol. The molecule has 1 aromatic carbocycles. The number of aliphatic hydroxyl groups excluding tert-OH is 1. The highest BCUT2D eigenvalue weighted by Gasteiger charge is 2.27. The van der Waals surface area contributed by atoms with Crippen LogP contribution in [0.2, 0.25) is 0 Å². The van der Waals surface area contributed by atoms with Gasteiger partial charge in [0.1, 0.15) is 12.4 Å². The summed E-state index contributed by atoms with van der Waals surface area (Å²) in [6, 6.07) is 7.41. The van der Waals surface area contributed by atoms with Crippen LogP contribution in [0.15, 0.2) is 28.7 Å². The van der Waals surface area contributed by atoms with Gasteiger partial charge in [0.05, 0.1) is 19.2 Å². The third kappa shape index (κ3) is 4.11. The van der Waals surface area contributed by atoms with Crippen LogP contribution in [0.3, 0.4) is 0 Å². The van der Waals surface area contributed by atoms with Gasteiger partial charge in [-0.05, 0) is 31.0 Å². The molecule has 0 aliphatic carbocycles. The molecule has 2 rings (SSSR count). The molecule has 20 heavy (non-hydrogen) atoms. The average molecular weight is 343 g/mol. The van der Waals surface area contributed by atoms with E-state index in [0.29, 0.717) is 19.7 Å². The molecule has 1 saturated heterocycles. The zero-order valence-electron chi connectivity index (χ0n) is 11.2. The lowest BCUT2D eigenvalue weighted by molar-refractivity contribution is 0.156. The molecule has 1 unspecified atom stereocenters. The average Bonchev–Trinajstić information content (AvgIpc) is 2.92. The number of nitrogens with zero attached hydrogens (tertiary/aromatic N) is 1. The van der Waals surface area contributed by atoms with E-state index in [9.17, 15) is 9.90 Å². The highest BCUT2D eigenvalue weighted by Crippen LogP contribution is 2.18. The Morgan fingerprint density at radius 1 is 1.55 bits per heavy atom. The molecule has 0 spiro atoms. The molecule has 1 fully saturated rings. The number of urea groups is 1. The van der Waals surface area contributed by atoms with E-state index in [4.69, 9.17) is 4.74 Å². The molecule has 1 heterocycles. The Hall–Kier alpha value is -1.27. The van der Waals surface area contributed by atoms with E-state index >= 15 is 0 Å². The van der Waals surface area contributed by atoms with Crippen molar-refractivity contribution in [3.05, 3.63) is 28.7 Å². The Balaban J connectivity index is 1.69. The quantitative estimate of drug-likeness (QED) is 0.804. The summed E-state index contributed by atoms with van der Waals surface area (Å²) >= 11 is 3.37. The summed E-state index contributed by atoms with van der Waals surface area (Å²) in [5, 5.41) is 12.0. The molecule has 1 aliphatic heterocycles. The maximum absolute atomic E-state index is 11.9. The Morgan fingerprint density at radius 3 is 3.15 bits per heavy atom. The van der Waals surface area contributed by atoms with Gasteiger partial charge < -0.3 is 20.1 Å². The molecule has 1 atom stereocenters. The van der Waals surface area contributed by atoms with Crippen LogP contribution in [0, 0.1) is 0 Å². The predicted octanol–water partition coefficient (Wildman–Crippen LogP) is 1.99. The smallest absolute Gasteiger partial charge is 0.317 e. The zero-order valence-corrected chi connectivity index (χ0v) is 12.8. The first-order valence-electron chi connectivity index (χ1n) is 6.74. The summed E-state index contributed by atoms with van der Waals surface area (Å²) in [6.45, 7) is 1.60. The van der Waals surface area contributed by atoms with Gasteiger partial charge in [0.2, 0.25) is 0 Å². The SMILES string of the molecule is O=C(NCCOc1cccc(Br)c1)N1CCCC1CO. The highest BCUT2D eigenvalue weighted by molar-refractivity contribution is 9.10. The lowest BCUT2D eigenvalue weighted by Crippen LogP contribution is -2.45. The van der Waals surface area contributed by atoms with Crippen molar-refractivity contribution in [1.82, 2.24) is 10.2 Å². The van der Waals surface area contributed by atoms with Crippen molar-refractivity contribution in [2.45, 2.75) is 18.9 Å². The number of rotatable bonds is 5. The number of likely N-dealkylation sites (tertiary alicyclic amines) is 1. The van der Waals surface area contributed by atoms with Gasteiger partial charge in [-0.2, -0.15) is 0 Å². The lowest BCUT2D eigenvalue weighted by Gasteiger charge is -2.23. The first-order valence-corrected chi connectivity index (χ1v) is 7.53. The van der Waals surface area contributed by atoms with Crippen molar-refractivity contribution in [3.63, 3.8) is 0 Å². The van der Waals surface area contributed by atoms with Crippen molar-refractivity contribution in [3.8, 4) is 5.75 Å². The maximum Gasteiger partial charge on any atom is 0.317 e. The molecule has 6 heteroatoms. The molecular weight excluding hydrogens is 324 g/mol. The third-order valence-corrected chi connectivity index (χ3v) is 3.79. The molecule has 1 aliphatic rings. The topological polar surface area (TPSA) is 61.8 Å². The van der Waals surface area contributed by atoms with Crippen LogP contribution in [0.4, 0.5) is 4.79 Å². The standard InChI is InChI=1S/C14H19BrN2O3/c15-11-3-1-5-13(9-11)20-8-6-16-14(19)17-7-2-4-12(17)10-18/h1,3,5,9,12,18H,2,4,6-8,10H2,(H,16,19). The first-order chi connectivity index (χ1) is 9.70. The highest BCUT2D eigenvalue weighted by atomic mass is 79.9. The van der Waals surface area contributed by atoms with E-state index in [0.717, 1.165) is 23.1 Å². The molecule has 0 radical (unpaired) electrons. The number of aliphatic hydroxyl groups is 1. The Morgan fingerprint density at radius 2 is 2.40 bits per heavy atom. The Labute approximate surface area is 127 Å². The second kappa shape index (κ2) is 7.50.